The van der Waals surface area contributed by atoms with E-state index < -0.39 is 17.2 Å². The molecule has 0 bridgehead atoms. The van der Waals surface area contributed by atoms with Crippen LogP contribution in [0.5, 0.6) is 0 Å². The molecule has 1 N–H and O–H groups in total. The highest BCUT2D eigenvalue weighted by atomic mass is 16.2. The van der Waals surface area contributed by atoms with Gasteiger partial charge in [-0.2, -0.15) is 5.10 Å². The van der Waals surface area contributed by atoms with Crippen LogP contribution in [0.25, 0.3) is 11.2 Å². The number of carbonyl (C=O) groups excluding carboxylic acids is 1. The zero-order valence-electron chi connectivity index (χ0n) is 14.6. The lowest BCUT2D eigenvalue weighted by Crippen LogP contribution is -2.38. The number of hydrogen-bond donors (Lipinski definition) is 1. The molecule has 1 amide bonds. The fourth-order valence-corrected chi connectivity index (χ4v) is 2.64. The number of amides is 1. The van der Waals surface area contributed by atoms with Crippen LogP contribution in [0.4, 0.5) is 0 Å². The Balaban J connectivity index is 1.80. The first kappa shape index (κ1) is 17.3. The lowest BCUT2D eigenvalue weighted by atomic mass is 10.2. The molecule has 0 aliphatic rings. The number of rotatable bonds is 4. The molecule has 9 nitrogen and oxygen atoms in total. The van der Waals surface area contributed by atoms with Crippen LogP contribution in [0.15, 0.2) is 45.3 Å². The van der Waals surface area contributed by atoms with Gasteiger partial charge in [0, 0.05) is 14.1 Å². The highest BCUT2D eigenvalue weighted by Crippen LogP contribution is 2.05. The van der Waals surface area contributed by atoms with E-state index in [0.29, 0.717) is 0 Å². The summed E-state index contributed by atoms with van der Waals surface area (Å²) in [6.07, 6.45) is 2.90. The minimum atomic E-state index is -0.503. The number of aryl methyl sites for hydroxylation is 2. The average Bonchev–Trinajstić information content (AvgIpc) is 3.02. The summed E-state index contributed by atoms with van der Waals surface area (Å²) in [4.78, 5) is 40.4. The third-order valence-corrected chi connectivity index (χ3v) is 3.98. The molecule has 2 heterocycles. The summed E-state index contributed by atoms with van der Waals surface area (Å²) in [5.74, 6) is -0.413. The maximum atomic E-state index is 12.3. The molecule has 0 aliphatic carbocycles. The molecule has 0 saturated heterocycles. The first-order valence-corrected chi connectivity index (χ1v) is 7.88. The zero-order valence-corrected chi connectivity index (χ0v) is 14.6. The van der Waals surface area contributed by atoms with Crippen LogP contribution < -0.4 is 16.7 Å². The minimum absolute atomic E-state index is 0.144. The maximum Gasteiger partial charge on any atom is 0.332 e. The molecule has 0 spiro atoms. The molecule has 0 aliphatic heterocycles. The van der Waals surface area contributed by atoms with Gasteiger partial charge < -0.3 is 4.57 Å². The Bertz CT molecular complexity index is 1140. The predicted molar refractivity (Wildman–Crippen MR) is 97.1 cm³/mol. The number of hydrogen-bond acceptors (Lipinski definition) is 5. The Morgan fingerprint density at radius 3 is 2.77 bits per heavy atom. The van der Waals surface area contributed by atoms with E-state index in [1.807, 2.05) is 31.2 Å². The first-order chi connectivity index (χ1) is 12.4. The molecule has 1 aromatic carbocycles. The molecular weight excluding hydrogens is 336 g/mol. The van der Waals surface area contributed by atoms with Gasteiger partial charge in [-0.15, -0.1) is 0 Å². The molecule has 2 aromatic heterocycles. The second-order valence-corrected chi connectivity index (χ2v) is 5.96. The quantitative estimate of drug-likeness (QED) is 0.522. The van der Waals surface area contributed by atoms with Crippen LogP contribution in [-0.4, -0.2) is 30.8 Å². The highest BCUT2D eigenvalue weighted by Gasteiger charge is 2.15. The van der Waals surface area contributed by atoms with Gasteiger partial charge in [0.1, 0.15) is 6.54 Å². The normalized spacial score (nSPS) is 11.3. The molecule has 3 aromatic rings. The van der Waals surface area contributed by atoms with E-state index in [0.717, 1.165) is 15.7 Å². The molecule has 0 atom stereocenters. The number of aromatic nitrogens is 4. The topological polar surface area (TPSA) is 103 Å². The van der Waals surface area contributed by atoms with E-state index in [2.05, 4.69) is 15.5 Å². The Labute approximate surface area is 148 Å². The van der Waals surface area contributed by atoms with Gasteiger partial charge in [0.2, 0.25) is 0 Å². The van der Waals surface area contributed by atoms with E-state index in [4.69, 9.17) is 0 Å². The Morgan fingerprint density at radius 1 is 1.27 bits per heavy atom. The van der Waals surface area contributed by atoms with Crippen molar-refractivity contribution in [1.29, 1.82) is 0 Å². The summed E-state index contributed by atoms with van der Waals surface area (Å²) >= 11 is 0. The van der Waals surface area contributed by atoms with Crippen LogP contribution >= 0.6 is 0 Å². The number of nitrogens with zero attached hydrogens (tertiary/aromatic N) is 5. The number of carbonyl (C=O) groups is 1. The Kier molecular flexibility index (Phi) is 4.53. The summed E-state index contributed by atoms with van der Waals surface area (Å²) in [7, 11) is 2.90. The standard InChI is InChI=1S/C17H18N6O3/c1-11-5-4-6-12(7-11)8-19-20-13(24)9-23-10-18-15-14(23)16(25)22(3)17(26)21(15)2/h4-8,10H,9H2,1-3H3,(H,20,24)/b19-8+. The third kappa shape index (κ3) is 3.18. The van der Waals surface area contributed by atoms with Crippen molar-refractivity contribution in [3.8, 4) is 0 Å². The monoisotopic (exact) mass is 354 g/mol. The molecule has 9 heteroatoms. The number of fused-ring (bicyclic) bond motifs is 1. The second-order valence-electron chi connectivity index (χ2n) is 5.96. The van der Waals surface area contributed by atoms with E-state index >= 15 is 0 Å². The SMILES string of the molecule is Cc1cccc(/C=N/NC(=O)Cn2cnc3c2c(=O)n(C)c(=O)n3C)c1. The molecule has 0 fully saturated rings. The second kappa shape index (κ2) is 6.79. The van der Waals surface area contributed by atoms with Crippen molar-refractivity contribution in [3.05, 3.63) is 62.6 Å². The van der Waals surface area contributed by atoms with E-state index in [-0.39, 0.29) is 17.7 Å². The predicted octanol–water partition coefficient (Wildman–Crippen LogP) is -0.108. The Morgan fingerprint density at radius 2 is 2.04 bits per heavy atom. The molecule has 134 valence electrons. The van der Waals surface area contributed by atoms with Crippen molar-refractivity contribution in [2.24, 2.45) is 19.2 Å². The van der Waals surface area contributed by atoms with Gasteiger partial charge >= 0.3 is 5.69 Å². The Hall–Kier alpha value is -3.49. The van der Waals surface area contributed by atoms with Gasteiger partial charge in [0.05, 0.1) is 12.5 Å². The first-order valence-electron chi connectivity index (χ1n) is 7.88. The highest BCUT2D eigenvalue weighted by molar-refractivity contribution is 5.83. The number of nitrogens with one attached hydrogen (secondary N) is 1. The van der Waals surface area contributed by atoms with Crippen molar-refractivity contribution >= 4 is 23.3 Å². The summed E-state index contributed by atoms with van der Waals surface area (Å²) < 4.78 is 3.64. The van der Waals surface area contributed by atoms with Gasteiger partial charge in [-0.3, -0.25) is 18.7 Å². The molecule has 0 unspecified atom stereocenters. The van der Waals surface area contributed by atoms with Gasteiger partial charge in [0.15, 0.2) is 11.2 Å². The summed E-state index contributed by atoms with van der Waals surface area (Å²) in [6.45, 7) is 1.82. The van der Waals surface area contributed by atoms with Crippen molar-refractivity contribution in [1.82, 2.24) is 24.1 Å². The smallest absolute Gasteiger partial charge is 0.315 e. The maximum absolute atomic E-state index is 12.3. The number of benzene rings is 1. The minimum Gasteiger partial charge on any atom is -0.315 e. The van der Waals surface area contributed by atoms with Crippen molar-refractivity contribution in [2.75, 3.05) is 0 Å². The van der Waals surface area contributed by atoms with Crippen molar-refractivity contribution in [3.63, 3.8) is 0 Å². The lowest BCUT2D eigenvalue weighted by molar-refractivity contribution is -0.121. The van der Waals surface area contributed by atoms with Gasteiger partial charge in [-0.05, 0) is 12.5 Å². The van der Waals surface area contributed by atoms with Gasteiger partial charge in [-0.25, -0.2) is 15.2 Å². The molecule has 0 radical (unpaired) electrons. The van der Waals surface area contributed by atoms with E-state index in [9.17, 15) is 14.4 Å². The zero-order chi connectivity index (χ0) is 18.8. The third-order valence-electron chi connectivity index (χ3n) is 3.98. The average molecular weight is 354 g/mol. The molecule has 26 heavy (non-hydrogen) atoms. The summed E-state index contributed by atoms with van der Waals surface area (Å²) in [5, 5.41) is 3.92. The van der Waals surface area contributed by atoms with Crippen molar-refractivity contribution in [2.45, 2.75) is 13.5 Å². The van der Waals surface area contributed by atoms with Gasteiger partial charge in [0.25, 0.3) is 11.5 Å². The van der Waals surface area contributed by atoms with E-state index in [1.54, 1.807) is 6.21 Å². The fraction of sp³-hybridized carbons (Fsp3) is 0.235. The molecule has 3 rings (SSSR count). The van der Waals surface area contributed by atoms with Crippen LogP contribution in [0.2, 0.25) is 0 Å². The van der Waals surface area contributed by atoms with Crippen LogP contribution in [-0.2, 0) is 25.4 Å². The van der Waals surface area contributed by atoms with Crippen LogP contribution in [0.1, 0.15) is 11.1 Å². The summed E-state index contributed by atoms with van der Waals surface area (Å²) in [5.41, 5.74) is 3.81. The number of hydrazone groups is 1. The summed E-state index contributed by atoms with van der Waals surface area (Å²) in [6, 6.07) is 7.67. The van der Waals surface area contributed by atoms with Crippen molar-refractivity contribution < 1.29 is 4.79 Å². The largest absolute Gasteiger partial charge is 0.332 e. The fourth-order valence-electron chi connectivity index (χ4n) is 2.64. The molecule has 0 saturated carbocycles. The van der Waals surface area contributed by atoms with Crippen LogP contribution in [0.3, 0.4) is 0 Å². The lowest BCUT2D eigenvalue weighted by Gasteiger charge is -2.06. The number of imidazole rings is 1. The van der Waals surface area contributed by atoms with Gasteiger partial charge in [-0.1, -0.05) is 29.8 Å². The van der Waals surface area contributed by atoms with Crippen LogP contribution in [0, 0.1) is 6.92 Å². The van der Waals surface area contributed by atoms with E-state index in [1.165, 1.54) is 29.6 Å². The molecular formula is C17H18N6O3.